The Kier molecular flexibility index (Phi) is 11.6. The van der Waals surface area contributed by atoms with Crippen LogP contribution in [0.3, 0.4) is 0 Å². The van der Waals surface area contributed by atoms with E-state index in [1.807, 2.05) is 48.4 Å². The van der Waals surface area contributed by atoms with Crippen molar-refractivity contribution in [3.8, 4) is 11.1 Å². The monoisotopic (exact) mass is 874 g/mol. The molecule has 0 radical (unpaired) electrons. The van der Waals surface area contributed by atoms with Crippen LogP contribution in [0.1, 0.15) is 118 Å². The zero-order valence-corrected chi connectivity index (χ0v) is 38.3. The number of para-hydroxylation sites is 1. The van der Waals surface area contributed by atoms with Gasteiger partial charge in [0, 0.05) is 59.4 Å². The minimum Gasteiger partial charge on any atom is -0.476 e. The minimum absolute atomic E-state index is 0.00729. The highest BCUT2D eigenvalue weighted by Crippen LogP contribution is 2.77. The first-order chi connectivity index (χ1) is 30.2. The Hall–Kier alpha value is -4.99. The number of nitrogens with zero attached hydrogens (tertiary/aromatic N) is 8. The van der Waals surface area contributed by atoms with E-state index >= 15 is 0 Å². The molecular formula is C48H62N10O4S. The average molecular weight is 875 g/mol. The molecule has 4 saturated carbocycles. The summed E-state index contributed by atoms with van der Waals surface area (Å²) in [7, 11) is 2.19. The standard InChI is InChI=1S/C48H62N10O4S/c1-31-33-14-13-21-57(42(33)55-54-41(31)53-44-51-36-15-10-11-16-37(36)63-44)39-19-18-34(40(52-39)43(60)61)35-24-50-58(32(35)2)30-47-26-45(3)25-46(4,27-47)29-48(47,28-45)62-23-22-56(5)20-12-8-6-7-9-17-38(49)59/h10-11,15-16,18-19,24H,6-9,12-14,17,20-23,25-30H2,1-5H3,(H2,49,59)(H,60,61)(H,51,53,54)/t45-,46+,47?,48?. The van der Waals surface area contributed by atoms with Crippen molar-refractivity contribution in [1.29, 1.82) is 0 Å². The Bertz CT molecular complexity index is 2480. The smallest absolute Gasteiger partial charge is 0.355 e. The van der Waals surface area contributed by atoms with Crippen LogP contribution in [0.25, 0.3) is 21.3 Å². The van der Waals surface area contributed by atoms with Gasteiger partial charge in [0.15, 0.2) is 22.5 Å². The summed E-state index contributed by atoms with van der Waals surface area (Å²) >= 11 is 1.58. The largest absolute Gasteiger partial charge is 0.476 e. The van der Waals surface area contributed by atoms with Crippen molar-refractivity contribution in [2.75, 3.05) is 43.5 Å². The zero-order valence-electron chi connectivity index (χ0n) is 37.5. The zero-order chi connectivity index (χ0) is 44.1. The van der Waals surface area contributed by atoms with E-state index in [1.165, 1.54) is 6.42 Å². The summed E-state index contributed by atoms with van der Waals surface area (Å²) < 4.78 is 10.4. The number of hydrogen-bond acceptors (Lipinski definition) is 12. The highest BCUT2D eigenvalue weighted by Gasteiger charge is 2.74. The van der Waals surface area contributed by atoms with E-state index in [2.05, 4.69) is 59.0 Å². The molecule has 4 aromatic heterocycles. The quantitative estimate of drug-likeness (QED) is 0.0672. The van der Waals surface area contributed by atoms with Crippen LogP contribution in [0.5, 0.6) is 0 Å². The number of aromatic carboxylic acids is 1. The molecule has 10 rings (SSSR count). The Labute approximate surface area is 374 Å². The molecule has 4 atom stereocenters. The van der Waals surface area contributed by atoms with Crippen LogP contribution >= 0.6 is 11.3 Å². The van der Waals surface area contributed by atoms with Crippen LogP contribution in [-0.2, 0) is 22.5 Å². The Morgan fingerprint density at radius 2 is 1.70 bits per heavy atom. The van der Waals surface area contributed by atoms with Gasteiger partial charge in [-0.15, -0.1) is 10.2 Å². The molecule has 1 aromatic carbocycles. The SMILES string of the molecule is Cc1c(Nc2nc3ccccc3s2)nnc2c1CCCN2c1ccc(-c2cnn(CC34C[C@@]5(C)CC3(OCCN(C)CCCCCCCC(N)=O)C[C@@](C)(C4)C5)c2C)c(C(=O)O)n1. The van der Waals surface area contributed by atoms with Gasteiger partial charge in [0.2, 0.25) is 5.91 Å². The van der Waals surface area contributed by atoms with E-state index in [-0.39, 0.29) is 33.4 Å². The van der Waals surface area contributed by atoms with Gasteiger partial charge in [-0.1, -0.05) is 56.6 Å². The second-order valence-corrected chi connectivity index (χ2v) is 21.0. The molecule has 5 heterocycles. The topological polar surface area (TPSA) is 178 Å². The lowest BCUT2D eigenvalue weighted by Crippen LogP contribution is -2.46. The third-order valence-electron chi connectivity index (χ3n) is 14.7. The Morgan fingerprint density at radius 3 is 2.46 bits per heavy atom. The van der Waals surface area contributed by atoms with Gasteiger partial charge in [-0.3, -0.25) is 9.48 Å². The molecule has 2 unspecified atom stereocenters. The van der Waals surface area contributed by atoms with E-state index in [9.17, 15) is 14.7 Å². The van der Waals surface area contributed by atoms with E-state index in [1.54, 1.807) is 11.3 Å². The van der Waals surface area contributed by atoms with Crippen molar-refractivity contribution in [3.05, 3.63) is 65.1 Å². The first-order valence-electron chi connectivity index (χ1n) is 22.8. The first-order valence-corrected chi connectivity index (χ1v) is 23.6. The predicted octanol–water partition coefficient (Wildman–Crippen LogP) is 8.99. The fourth-order valence-electron chi connectivity index (χ4n) is 12.6. The number of ether oxygens (including phenoxy) is 1. The number of nitrogens with one attached hydrogen (secondary N) is 1. The molecule has 4 aliphatic carbocycles. The van der Waals surface area contributed by atoms with Crippen molar-refractivity contribution < 1.29 is 19.4 Å². The highest BCUT2D eigenvalue weighted by atomic mass is 32.1. The number of carbonyl (C=O) groups excluding carboxylic acids is 1. The number of primary amides is 1. The third-order valence-corrected chi connectivity index (χ3v) is 15.7. The third kappa shape index (κ3) is 8.32. The summed E-state index contributed by atoms with van der Waals surface area (Å²) in [4.78, 5) is 37.9. The number of pyridine rings is 1. The van der Waals surface area contributed by atoms with E-state index in [0.717, 1.165) is 128 Å². The van der Waals surface area contributed by atoms with Gasteiger partial charge in [-0.2, -0.15) is 5.10 Å². The van der Waals surface area contributed by atoms with Crippen LogP contribution in [0.2, 0.25) is 0 Å². The predicted molar refractivity (Wildman–Crippen MR) is 247 cm³/mol. The maximum Gasteiger partial charge on any atom is 0.355 e. The fourth-order valence-corrected chi connectivity index (χ4v) is 13.4. The summed E-state index contributed by atoms with van der Waals surface area (Å²) in [6, 6.07) is 11.8. The van der Waals surface area contributed by atoms with Crippen molar-refractivity contribution in [2.24, 2.45) is 22.0 Å². The molecule has 4 bridgehead atoms. The second kappa shape index (κ2) is 16.9. The molecule has 5 aliphatic rings. The maximum atomic E-state index is 13.0. The highest BCUT2D eigenvalue weighted by molar-refractivity contribution is 7.22. The molecule has 1 aliphatic heterocycles. The van der Waals surface area contributed by atoms with Crippen LogP contribution in [0, 0.1) is 30.1 Å². The number of rotatable bonds is 19. The molecule has 63 heavy (non-hydrogen) atoms. The molecule has 14 nitrogen and oxygen atoms in total. The molecule has 15 heteroatoms. The molecule has 0 spiro atoms. The summed E-state index contributed by atoms with van der Waals surface area (Å²) in [5, 5.41) is 29.0. The number of unbranched alkanes of at least 4 members (excludes halogenated alkanes) is 4. The van der Waals surface area contributed by atoms with Gasteiger partial charge in [-0.05, 0) is 120 Å². The summed E-state index contributed by atoms with van der Waals surface area (Å²) in [6.45, 7) is 13.0. The number of carboxylic acids is 1. The van der Waals surface area contributed by atoms with E-state index in [0.29, 0.717) is 42.6 Å². The lowest BCUT2D eigenvalue weighted by molar-refractivity contribution is -0.118. The number of hydrogen-bond donors (Lipinski definition) is 3. The molecular weight excluding hydrogens is 813 g/mol. The number of thiazole rings is 1. The van der Waals surface area contributed by atoms with E-state index < -0.39 is 5.97 Å². The molecule has 4 N–H and O–H groups in total. The number of amides is 1. The number of benzene rings is 1. The van der Waals surface area contributed by atoms with E-state index in [4.69, 9.17) is 25.5 Å². The van der Waals surface area contributed by atoms with Crippen molar-refractivity contribution in [2.45, 2.75) is 123 Å². The van der Waals surface area contributed by atoms with Crippen molar-refractivity contribution in [1.82, 2.24) is 34.8 Å². The summed E-state index contributed by atoms with van der Waals surface area (Å²) in [5.41, 5.74) is 10.7. The lowest BCUT2D eigenvalue weighted by Gasteiger charge is -2.44. The molecule has 4 fully saturated rings. The number of likely N-dealkylation sites (N-methyl/N-ethyl adjacent to an activating group) is 1. The molecule has 5 aromatic rings. The van der Waals surface area contributed by atoms with Crippen LogP contribution < -0.4 is 16.0 Å². The number of fused-ring (bicyclic) bond motifs is 2. The Morgan fingerprint density at radius 1 is 0.937 bits per heavy atom. The van der Waals surface area contributed by atoms with Gasteiger partial charge in [0.1, 0.15) is 5.82 Å². The fraction of sp³-hybridized carbons (Fsp3) is 0.562. The number of carbonyl (C=O) groups is 2. The number of nitrogens with two attached hydrogens (primary N) is 1. The Balaban J connectivity index is 0.905. The van der Waals surface area contributed by atoms with Crippen molar-refractivity contribution >= 4 is 56.0 Å². The number of anilines is 4. The van der Waals surface area contributed by atoms with Crippen LogP contribution in [-0.4, -0.2) is 90.7 Å². The van der Waals surface area contributed by atoms with Crippen LogP contribution in [0.15, 0.2) is 42.6 Å². The average Bonchev–Trinajstić information content (AvgIpc) is 3.90. The van der Waals surface area contributed by atoms with Gasteiger partial charge in [0.05, 0.1) is 28.6 Å². The maximum absolute atomic E-state index is 13.0. The van der Waals surface area contributed by atoms with Crippen LogP contribution in [0.4, 0.5) is 22.6 Å². The first kappa shape index (κ1) is 43.3. The summed E-state index contributed by atoms with van der Waals surface area (Å²) in [6.07, 6.45) is 14.9. The van der Waals surface area contributed by atoms with Gasteiger partial charge < -0.3 is 30.7 Å². The number of carboxylic acid groups (broad SMARTS) is 1. The van der Waals surface area contributed by atoms with Gasteiger partial charge >= 0.3 is 5.97 Å². The molecule has 0 saturated heterocycles. The van der Waals surface area contributed by atoms with Crippen molar-refractivity contribution in [3.63, 3.8) is 0 Å². The molecule has 1 amide bonds. The minimum atomic E-state index is -1.09. The summed E-state index contributed by atoms with van der Waals surface area (Å²) in [5.74, 6) is 0.598. The lowest BCUT2D eigenvalue weighted by atomic mass is 9.61. The normalized spacial score (nSPS) is 24.8. The molecule has 334 valence electrons. The number of aromatic nitrogens is 6. The van der Waals surface area contributed by atoms with Gasteiger partial charge in [0.25, 0.3) is 0 Å². The second-order valence-electron chi connectivity index (χ2n) is 19.9. The van der Waals surface area contributed by atoms with Gasteiger partial charge in [-0.25, -0.2) is 14.8 Å².